The number of ether oxygens (including phenoxy) is 3. The van der Waals surface area contributed by atoms with Crippen LogP contribution in [0.5, 0.6) is 5.75 Å². The lowest BCUT2D eigenvalue weighted by Crippen LogP contribution is -2.60. The van der Waals surface area contributed by atoms with Crippen LogP contribution < -0.4 is 20.1 Å². The minimum Gasteiger partial charge on any atom is -0.493 e. The molecular weight excluding hydrogens is 706 g/mol. The van der Waals surface area contributed by atoms with Gasteiger partial charge < -0.3 is 29.7 Å². The molecule has 0 aromatic heterocycles. The average molecular weight is 756 g/mol. The zero-order valence-corrected chi connectivity index (χ0v) is 31.2. The predicted molar refractivity (Wildman–Crippen MR) is 192 cm³/mol. The smallest absolute Gasteiger partial charge is 0.410 e. The van der Waals surface area contributed by atoms with Crippen LogP contribution in [-0.2, 0) is 47.0 Å². The first kappa shape index (κ1) is 38.1. The van der Waals surface area contributed by atoms with Crippen LogP contribution in [0.15, 0.2) is 43.0 Å². The van der Waals surface area contributed by atoms with Gasteiger partial charge in [0.1, 0.15) is 29.5 Å². The van der Waals surface area contributed by atoms with Gasteiger partial charge in [0.25, 0.3) is 5.91 Å². The third-order valence-corrected chi connectivity index (χ3v) is 12.2. The number of benzene rings is 1. The molecule has 1 aromatic carbocycles. The molecule has 1 saturated heterocycles. The van der Waals surface area contributed by atoms with Crippen LogP contribution in [-0.4, -0.2) is 96.9 Å². The van der Waals surface area contributed by atoms with Crippen molar-refractivity contribution in [3.63, 3.8) is 0 Å². The van der Waals surface area contributed by atoms with Crippen LogP contribution >= 0.6 is 0 Å². The van der Waals surface area contributed by atoms with Crippen molar-refractivity contribution in [3.05, 3.63) is 54.1 Å². The molecule has 6 rings (SSSR count). The van der Waals surface area contributed by atoms with E-state index in [4.69, 9.17) is 14.2 Å². The Hall–Kier alpha value is -4.60. The summed E-state index contributed by atoms with van der Waals surface area (Å²) in [7, 11) is -3.92. The van der Waals surface area contributed by atoms with Crippen LogP contribution in [0.25, 0.3) is 0 Å². The molecule has 1 unspecified atom stereocenters. The van der Waals surface area contributed by atoms with Crippen LogP contribution in [0.1, 0.15) is 76.8 Å². The van der Waals surface area contributed by atoms with Gasteiger partial charge >= 0.3 is 12.2 Å². The number of cyclic esters (lactones) is 1. The van der Waals surface area contributed by atoms with Gasteiger partial charge in [-0.3, -0.25) is 24.0 Å². The summed E-state index contributed by atoms with van der Waals surface area (Å²) in [6.45, 7) is 9.94. The van der Waals surface area contributed by atoms with Crippen molar-refractivity contribution in [2.75, 3.05) is 19.8 Å². The van der Waals surface area contributed by atoms with Gasteiger partial charge in [-0.1, -0.05) is 51.1 Å². The zero-order chi connectivity index (χ0) is 38.1. The Kier molecular flexibility index (Phi) is 10.8. The van der Waals surface area contributed by atoms with Crippen molar-refractivity contribution in [2.24, 2.45) is 11.3 Å². The normalized spacial score (nSPS) is 28.9. The zero-order valence-electron chi connectivity index (χ0n) is 30.4. The first-order chi connectivity index (χ1) is 25.1. The van der Waals surface area contributed by atoms with E-state index in [-0.39, 0.29) is 39.1 Å². The number of rotatable bonds is 6. The molecule has 3 aliphatic heterocycles. The summed E-state index contributed by atoms with van der Waals surface area (Å²) in [5.74, 6) is -2.09. The highest BCUT2D eigenvalue weighted by atomic mass is 32.2. The SMILES string of the molecule is C=C[C@H]1C[C@@]1(NC(=O)[C@@H]1CC2CN1C(=O)[C@H](C(C)(C)C)NC(=O)OCCC/C=C/CCOc1cccc3c1CN(C3)C(=O)O2)C(=O)NS(=O)(=O)C1CC1. The Balaban J connectivity index is 1.26. The quantitative estimate of drug-likeness (QED) is 0.364. The number of fused-ring (bicyclic) bond motifs is 3. The number of hydrogen-bond acceptors (Lipinski definition) is 10. The Morgan fingerprint density at radius 3 is 2.51 bits per heavy atom. The largest absolute Gasteiger partial charge is 0.493 e. The minimum atomic E-state index is -3.92. The maximum atomic E-state index is 14.4. The van der Waals surface area contributed by atoms with E-state index in [1.165, 1.54) is 15.9 Å². The second-order valence-corrected chi connectivity index (χ2v) is 17.5. The molecule has 16 heteroatoms. The number of hydrogen-bond donors (Lipinski definition) is 3. The fraction of sp³-hybridized carbons (Fsp3) is 0.595. The lowest BCUT2D eigenvalue weighted by Gasteiger charge is -2.35. The lowest BCUT2D eigenvalue weighted by atomic mass is 9.85. The third kappa shape index (κ3) is 8.47. The van der Waals surface area contributed by atoms with Gasteiger partial charge in [-0.25, -0.2) is 18.0 Å². The number of nitrogens with zero attached hydrogens (tertiary/aromatic N) is 2. The lowest BCUT2D eigenvalue weighted by molar-refractivity contribution is -0.142. The van der Waals surface area contributed by atoms with Crippen LogP contribution in [0.2, 0.25) is 0 Å². The van der Waals surface area contributed by atoms with Gasteiger partial charge in [0, 0.05) is 24.4 Å². The van der Waals surface area contributed by atoms with Gasteiger partial charge in [-0.2, -0.15) is 0 Å². The molecule has 53 heavy (non-hydrogen) atoms. The van der Waals surface area contributed by atoms with Gasteiger partial charge in [-0.15, -0.1) is 6.58 Å². The predicted octanol–water partition coefficient (Wildman–Crippen LogP) is 3.04. The third-order valence-electron chi connectivity index (χ3n) is 10.4. The van der Waals surface area contributed by atoms with Crippen molar-refractivity contribution in [1.82, 2.24) is 25.2 Å². The number of allylic oxidation sites excluding steroid dienone is 1. The van der Waals surface area contributed by atoms with Crippen LogP contribution in [0.3, 0.4) is 0 Å². The number of sulfonamides is 1. The number of amides is 5. The molecule has 2 saturated carbocycles. The minimum absolute atomic E-state index is 0.108. The van der Waals surface area contributed by atoms with Crippen molar-refractivity contribution < 1.29 is 46.6 Å². The highest BCUT2D eigenvalue weighted by Crippen LogP contribution is 2.45. The average Bonchev–Trinajstić information content (AvgIpc) is 3.99. The highest BCUT2D eigenvalue weighted by Gasteiger charge is 2.62. The Morgan fingerprint density at radius 2 is 1.81 bits per heavy atom. The first-order valence-corrected chi connectivity index (χ1v) is 19.8. The molecule has 5 aliphatic rings. The maximum Gasteiger partial charge on any atom is 0.410 e. The van der Waals surface area contributed by atoms with E-state index >= 15 is 0 Å². The molecular formula is C37H49N5O10S. The fourth-order valence-corrected chi connectivity index (χ4v) is 8.44. The van der Waals surface area contributed by atoms with E-state index in [9.17, 15) is 32.4 Å². The van der Waals surface area contributed by atoms with Gasteiger partial charge in [0.05, 0.1) is 31.6 Å². The van der Waals surface area contributed by atoms with Gasteiger partial charge in [-0.05, 0) is 55.6 Å². The molecule has 0 spiro atoms. The van der Waals surface area contributed by atoms with E-state index in [0.717, 1.165) is 11.1 Å². The maximum absolute atomic E-state index is 14.4. The Labute approximate surface area is 309 Å². The molecule has 3 N–H and O–H groups in total. The number of carbonyl (C=O) groups is 5. The molecule has 1 aromatic rings. The highest BCUT2D eigenvalue weighted by molar-refractivity contribution is 7.91. The number of carbonyl (C=O) groups excluding carboxylic acids is 5. The van der Waals surface area contributed by atoms with E-state index in [0.29, 0.717) is 44.5 Å². The topological polar surface area (TPSA) is 190 Å². The number of nitrogens with one attached hydrogen (secondary N) is 3. The molecule has 5 amide bonds. The molecule has 3 fully saturated rings. The summed E-state index contributed by atoms with van der Waals surface area (Å²) >= 11 is 0. The van der Waals surface area contributed by atoms with Crippen molar-refractivity contribution in [3.8, 4) is 5.75 Å². The second-order valence-electron chi connectivity index (χ2n) is 15.5. The fourth-order valence-electron chi connectivity index (χ4n) is 7.08. The molecule has 3 heterocycles. The van der Waals surface area contributed by atoms with E-state index in [1.807, 2.05) is 30.4 Å². The molecule has 288 valence electrons. The van der Waals surface area contributed by atoms with Gasteiger partial charge in [0.15, 0.2) is 0 Å². The van der Waals surface area contributed by atoms with Gasteiger partial charge in [0.2, 0.25) is 21.8 Å². The van der Waals surface area contributed by atoms with Crippen LogP contribution in [0, 0.1) is 11.3 Å². The number of alkyl carbamates (subject to hydrolysis) is 1. The summed E-state index contributed by atoms with van der Waals surface area (Å²) in [6.07, 6.45) is 5.88. The van der Waals surface area contributed by atoms with E-state index < -0.39 is 80.2 Å². The monoisotopic (exact) mass is 755 g/mol. The van der Waals surface area contributed by atoms with Crippen molar-refractivity contribution >= 4 is 39.9 Å². The molecule has 0 radical (unpaired) electrons. The van der Waals surface area contributed by atoms with E-state index in [2.05, 4.69) is 21.9 Å². The summed E-state index contributed by atoms with van der Waals surface area (Å²) < 4.78 is 44.8. The summed E-state index contributed by atoms with van der Waals surface area (Å²) in [5.41, 5.74) is -0.628. The molecule has 15 nitrogen and oxygen atoms in total. The summed E-state index contributed by atoms with van der Waals surface area (Å²) in [4.78, 5) is 71.4. The van der Waals surface area contributed by atoms with E-state index in [1.54, 1.807) is 20.8 Å². The molecule has 2 aliphatic carbocycles. The van der Waals surface area contributed by atoms with Crippen molar-refractivity contribution in [1.29, 1.82) is 0 Å². The standard InChI is InChI=1S/C37H49N5O10S/c1-5-24-19-37(24,33(45)40-53(48,49)26-14-15-26)39-31(43)28-18-25-21-42(28)32(44)30(36(2,3)4)38-34(46)51-17-10-8-6-7-9-16-50-29-13-11-12-23-20-41(22-27(23)29)35(47)52-25/h5-7,11-13,24-26,28,30H,1,8-10,14-22H2,2-4H3,(H,38,46)(H,39,43)(H,40,45)/b7-6+/t24-,25?,28-,30+,37-/m0/s1. The molecule has 5 atom stereocenters. The summed E-state index contributed by atoms with van der Waals surface area (Å²) in [6, 6.07) is 3.27. The van der Waals surface area contributed by atoms with Crippen molar-refractivity contribution in [2.45, 2.75) is 108 Å². The first-order valence-electron chi connectivity index (χ1n) is 18.2. The molecule has 4 bridgehead atoms. The van der Waals surface area contributed by atoms with Crippen LogP contribution in [0.4, 0.5) is 9.59 Å². The Bertz CT molecular complexity index is 1790. The Morgan fingerprint density at radius 1 is 1.06 bits per heavy atom. The second kappa shape index (κ2) is 15.0. The summed E-state index contributed by atoms with van der Waals surface area (Å²) in [5, 5.41) is 4.76.